The van der Waals surface area contributed by atoms with Crippen LogP contribution in [-0.2, 0) is 20.4 Å². The maximum atomic E-state index is 15.0. The number of hydrogen-bond donors (Lipinski definition) is 0. The SMILES string of the molecule is C=[C-]C.O=c1c2ccccc2c(=O)n2n1[C@H](c1ccccc1)[PH+](c1ccccc1[PH+]1[C@@H](c3ccccc3)n3c(=O)c4ccccc4c(=O)n3[C@@H]1c1ccccc1)[C@H]2c1ccccc1.[Cl-].[Pd]. The van der Waals surface area contributed by atoms with Crippen LogP contribution in [0.3, 0.4) is 0 Å². The fourth-order valence-corrected chi connectivity index (χ4v) is 18.0. The molecule has 0 saturated carbocycles. The summed E-state index contributed by atoms with van der Waals surface area (Å²) in [4.78, 5) is 60.1. The Morgan fingerprint density at radius 3 is 0.769 bits per heavy atom. The molecule has 0 amide bonds. The van der Waals surface area contributed by atoms with E-state index in [2.05, 4.69) is 85.5 Å². The van der Waals surface area contributed by atoms with Gasteiger partial charge < -0.3 is 18.5 Å². The molecule has 4 heterocycles. The number of benzene rings is 7. The molecular weight excluding hydrogens is 960 g/mol. The Labute approximate surface area is 397 Å². The Hall–Kier alpha value is -6.03. The van der Waals surface area contributed by atoms with Crippen molar-refractivity contribution >= 4 is 48.0 Å². The van der Waals surface area contributed by atoms with Gasteiger partial charge in [-0.15, -0.1) is 0 Å². The first-order chi connectivity index (χ1) is 30.9. The topological polar surface area (TPSA) is 88.0 Å². The molecule has 4 atom stereocenters. The van der Waals surface area contributed by atoms with E-state index < -0.39 is 39.0 Å². The molecule has 7 aromatic carbocycles. The maximum Gasteiger partial charge on any atom is 0.277 e. The van der Waals surface area contributed by atoms with Crippen molar-refractivity contribution in [2.75, 3.05) is 0 Å². The van der Waals surface area contributed by atoms with Crippen molar-refractivity contribution in [2.45, 2.75) is 30.1 Å². The van der Waals surface area contributed by atoms with Crippen LogP contribution in [0.15, 0.2) is 220 Å². The van der Waals surface area contributed by atoms with E-state index in [1.165, 1.54) is 0 Å². The minimum atomic E-state index is -2.09. The maximum absolute atomic E-state index is 15.0. The second kappa shape index (κ2) is 19.2. The zero-order valence-electron chi connectivity index (χ0n) is 35.1. The molecule has 2 aromatic heterocycles. The van der Waals surface area contributed by atoms with Gasteiger partial charge in [0.05, 0.1) is 37.4 Å². The molecule has 0 saturated heterocycles. The minimum absolute atomic E-state index is 0. The van der Waals surface area contributed by atoms with Gasteiger partial charge in [-0.3, -0.25) is 25.8 Å². The average Bonchev–Trinajstić information content (AvgIpc) is 3.90. The predicted octanol–water partition coefficient (Wildman–Crippen LogP) is 5.93. The molecule has 11 rings (SSSR count). The molecule has 0 aliphatic carbocycles. The molecule has 2 aliphatic rings. The minimum Gasteiger partial charge on any atom is -1.00 e. The van der Waals surface area contributed by atoms with E-state index in [1.54, 1.807) is 49.9 Å². The Morgan fingerprint density at radius 2 is 0.554 bits per heavy atom. The molecule has 0 N–H and O–H groups in total. The van der Waals surface area contributed by atoms with Gasteiger partial charge in [0.25, 0.3) is 22.2 Å². The molecule has 326 valence electrons. The van der Waals surface area contributed by atoms with Crippen molar-refractivity contribution in [3.05, 3.63) is 270 Å². The van der Waals surface area contributed by atoms with Gasteiger partial charge in [-0.05, 0) is 36.4 Å². The first-order valence-corrected chi connectivity index (χ1v) is 24.2. The summed E-state index contributed by atoms with van der Waals surface area (Å²) in [6.45, 7) is 5.00. The number of allylic oxidation sites excluding steroid dienone is 1. The fourth-order valence-electron chi connectivity index (χ4n) is 9.79. The van der Waals surface area contributed by atoms with E-state index >= 15 is 19.2 Å². The third-order valence-corrected chi connectivity index (χ3v) is 19.3. The fraction of sp³-hybridized carbons (Fsp3) is 0.0943. The van der Waals surface area contributed by atoms with Crippen molar-refractivity contribution in [3.8, 4) is 0 Å². The first-order valence-electron chi connectivity index (χ1n) is 20.9. The normalized spacial score (nSPS) is 17.6. The Morgan fingerprint density at radius 1 is 0.369 bits per heavy atom. The summed E-state index contributed by atoms with van der Waals surface area (Å²) in [6.07, 6.45) is 2.50. The number of nitrogens with zero attached hydrogens (tertiary/aromatic N) is 4. The Kier molecular flexibility index (Phi) is 13.5. The summed E-state index contributed by atoms with van der Waals surface area (Å²) in [5.41, 5.74) is 2.90. The zero-order chi connectivity index (χ0) is 43.2. The van der Waals surface area contributed by atoms with E-state index in [1.807, 2.05) is 97.1 Å². The van der Waals surface area contributed by atoms with Crippen molar-refractivity contribution in [1.29, 1.82) is 0 Å². The molecule has 0 bridgehead atoms. The largest absolute Gasteiger partial charge is 1.00 e. The van der Waals surface area contributed by atoms with Crippen LogP contribution >= 0.6 is 15.8 Å². The molecule has 12 heteroatoms. The van der Waals surface area contributed by atoms with E-state index in [0.29, 0.717) is 21.5 Å². The van der Waals surface area contributed by atoms with E-state index in [0.717, 1.165) is 32.9 Å². The van der Waals surface area contributed by atoms with Crippen molar-refractivity contribution in [2.24, 2.45) is 0 Å². The van der Waals surface area contributed by atoms with Gasteiger partial charge >= 0.3 is 0 Å². The van der Waals surface area contributed by atoms with Gasteiger partial charge in [-0.1, -0.05) is 158 Å². The van der Waals surface area contributed by atoms with Gasteiger partial charge in [0.1, 0.15) is 10.6 Å². The summed E-state index contributed by atoms with van der Waals surface area (Å²) in [5.74, 6) is -1.96. The second-order valence-electron chi connectivity index (χ2n) is 15.8. The molecule has 8 nitrogen and oxygen atoms in total. The quantitative estimate of drug-likeness (QED) is 0.118. The van der Waals surface area contributed by atoms with E-state index in [-0.39, 0.29) is 55.1 Å². The second-order valence-corrected chi connectivity index (χ2v) is 20.8. The van der Waals surface area contributed by atoms with Gasteiger partial charge in [-0.2, -0.15) is 25.7 Å². The van der Waals surface area contributed by atoms with Crippen molar-refractivity contribution in [3.63, 3.8) is 0 Å². The third kappa shape index (κ3) is 7.56. The van der Waals surface area contributed by atoms with Crippen molar-refractivity contribution in [1.82, 2.24) is 18.7 Å². The number of halogens is 1. The summed E-state index contributed by atoms with van der Waals surface area (Å²) >= 11 is 0. The number of fused-ring (bicyclic) bond motifs is 4. The van der Waals surface area contributed by atoms with Gasteiger partial charge in [0.2, 0.25) is 0 Å². The van der Waals surface area contributed by atoms with Crippen LogP contribution in [0, 0.1) is 6.08 Å². The van der Waals surface area contributed by atoms with Gasteiger partial charge in [-0.25, -0.2) is 0 Å². The monoisotopic (exact) mass is 1000 g/mol. The molecule has 2 aliphatic heterocycles. The Balaban J connectivity index is 0.00000112. The molecule has 9 aromatic rings. The van der Waals surface area contributed by atoms with Crippen LogP contribution < -0.4 is 45.3 Å². The van der Waals surface area contributed by atoms with Crippen LogP contribution in [0.5, 0.6) is 0 Å². The van der Waals surface area contributed by atoms with Crippen LogP contribution in [0.2, 0.25) is 0 Å². The molecule has 0 spiro atoms. The van der Waals surface area contributed by atoms with Crippen molar-refractivity contribution < 1.29 is 32.8 Å². The molecule has 0 radical (unpaired) electrons. The zero-order valence-corrected chi connectivity index (χ0v) is 39.4. The first kappa shape index (κ1) is 45.5. The van der Waals surface area contributed by atoms with Crippen LogP contribution in [0.1, 0.15) is 52.3 Å². The smallest absolute Gasteiger partial charge is 0.277 e. The van der Waals surface area contributed by atoms with Crippen LogP contribution in [0.25, 0.3) is 21.5 Å². The molecule has 65 heavy (non-hydrogen) atoms. The summed E-state index contributed by atoms with van der Waals surface area (Å²) < 4.78 is 6.98. The number of hydrogen-bond acceptors (Lipinski definition) is 4. The van der Waals surface area contributed by atoms with Crippen LogP contribution in [0.4, 0.5) is 0 Å². The predicted molar refractivity (Wildman–Crippen MR) is 260 cm³/mol. The summed E-state index contributed by atoms with van der Waals surface area (Å²) in [5, 5.41) is 3.69. The van der Waals surface area contributed by atoms with Gasteiger partial charge in [0, 0.05) is 42.7 Å². The number of rotatable bonds is 6. The van der Waals surface area contributed by atoms with Crippen LogP contribution in [-0.4, -0.2) is 18.7 Å². The van der Waals surface area contributed by atoms with E-state index in [4.69, 9.17) is 0 Å². The average molecular weight is 1000 g/mol. The molecular formula is C53H43ClN4O4P2Pd. The molecule has 0 unspecified atom stereocenters. The Bertz CT molecular complexity index is 3000. The summed E-state index contributed by atoms with van der Waals surface area (Å²) in [6, 6.07) is 63.0. The summed E-state index contributed by atoms with van der Waals surface area (Å²) in [7, 11) is -4.18. The number of aromatic nitrogens is 4. The van der Waals surface area contributed by atoms with Gasteiger partial charge in [0.15, 0.2) is 23.1 Å². The standard InChI is InChI=1S/C50H36N4O4P2.C3H5.ClH.Pd/c55-43-37-27-13-14-28-38(37)44(56)52-48(34-21-7-2-8-22-34)59(47(51(43)52)33-19-5-1-6-20-33)41-31-17-18-32-42(41)60-49(35-23-9-3-10-24-35)53-45(57)39-29-15-16-30-40(39)46(58)54(53)50(60)36-25-11-4-12-26-36;1-3-2;;/h1-32,47-50H;1H2,2H3;1H;/q;-1;;/p+1/t47-,48-,49-,50-;;;/m0.../s1. The third-order valence-electron chi connectivity index (χ3n) is 12.2. The molecule has 0 fully saturated rings. The van der Waals surface area contributed by atoms with E-state index in [9.17, 15) is 0 Å².